The largest absolute Gasteiger partial charge is 2.00 e. The maximum absolute atomic E-state index is 9.79. The Morgan fingerprint density at radius 3 is 2.27 bits per heavy atom. The third-order valence-electron chi connectivity index (χ3n) is 4.18. The van der Waals surface area contributed by atoms with Crippen molar-refractivity contribution in [1.82, 2.24) is 0 Å². The molecule has 0 saturated carbocycles. The van der Waals surface area contributed by atoms with Gasteiger partial charge in [-0.1, -0.05) is 48.0 Å². The van der Waals surface area contributed by atoms with Crippen LogP contribution in [0.2, 0.25) is 0 Å². The van der Waals surface area contributed by atoms with Crippen molar-refractivity contribution < 1.29 is 51.6 Å². The minimum absolute atomic E-state index is 0. The molecule has 1 aliphatic rings. The number of aliphatic hydroxyl groups excluding tert-OH is 1. The van der Waals surface area contributed by atoms with Crippen LogP contribution in [-0.4, -0.2) is 5.11 Å². The third kappa shape index (κ3) is 3.67. The first-order valence-electron chi connectivity index (χ1n) is 6.71. The number of hydrogen-bond acceptors (Lipinski definition) is 1. The van der Waals surface area contributed by atoms with Gasteiger partial charge >= 0.3 is 21.7 Å². The Morgan fingerprint density at radius 2 is 1.68 bits per heavy atom. The zero-order valence-electron chi connectivity index (χ0n) is 12.7. The van der Waals surface area contributed by atoms with Gasteiger partial charge in [-0.15, -0.1) is 0 Å². The maximum Gasteiger partial charge on any atom is 2.00 e. The molecule has 0 atom stereocenters. The van der Waals surface area contributed by atoms with Crippen LogP contribution in [0.15, 0.2) is 53.6 Å². The van der Waals surface area contributed by atoms with Crippen molar-refractivity contribution in [3.63, 3.8) is 0 Å². The minimum atomic E-state index is 0. The number of rotatable bonds is 2. The summed E-state index contributed by atoms with van der Waals surface area (Å²) in [4.78, 5) is 0. The molecule has 1 aliphatic carbocycles. The van der Waals surface area contributed by atoms with Crippen LogP contribution in [-0.2, 0) is 28.3 Å². The van der Waals surface area contributed by atoms with Gasteiger partial charge in [-0.25, -0.2) is 0 Å². The second kappa shape index (κ2) is 8.91. The van der Waals surface area contributed by atoms with Crippen LogP contribution in [0.25, 0.3) is 16.3 Å². The predicted octanol–water partition coefficient (Wildman–Crippen LogP) is -1.54. The normalized spacial score (nSPS) is 13.1. The van der Waals surface area contributed by atoms with Gasteiger partial charge in [0.05, 0.1) is 6.61 Å². The van der Waals surface area contributed by atoms with Gasteiger partial charge in [-0.05, 0) is 53.3 Å². The number of allylic oxidation sites excluding steroid dienone is 4. The molecule has 3 rings (SSSR count). The Hall–Kier alpha value is -0.566. The van der Waals surface area contributed by atoms with Crippen LogP contribution < -0.4 is 24.8 Å². The molecule has 1 nitrogen and oxygen atoms in total. The Kier molecular flexibility index (Phi) is 8.68. The van der Waals surface area contributed by atoms with Crippen molar-refractivity contribution in [3.8, 4) is 0 Å². The summed E-state index contributed by atoms with van der Waals surface area (Å²) < 4.78 is 0. The smallest absolute Gasteiger partial charge is 1.00 e. The van der Waals surface area contributed by atoms with Crippen molar-refractivity contribution in [1.29, 1.82) is 0 Å². The van der Waals surface area contributed by atoms with Gasteiger partial charge in [0.1, 0.15) is 0 Å². The number of aliphatic hydroxyl groups is 1. The van der Waals surface area contributed by atoms with Gasteiger partial charge in [0, 0.05) is 0 Å². The minimum Gasteiger partial charge on any atom is -1.00 e. The van der Waals surface area contributed by atoms with Crippen LogP contribution in [0, 0.1) is 0 Å². The fourth-order valence-electron chi connectivity index (χ4n) is 2.90. The first kappa shape index (κ1) is 21.4. The van der Waals surface area contributed by atoms with E-state index in [-0.39, 0.29) is 53.1 Å². The van der Waals surface area contributed by atoms with Crippen molar-refractivity contribution in [3.05, 3.63) is 64.7 Å². The number of halogens is 2. The molecule has 4 heteroatoms. The molecule has 0 bridgehead atoms. The van der Waals surface area contributed by atoms with Crippen molar-refractivity contribution in [2.75, 3.05) is 0 Å². The topological polar surface area (TPSA) is 20.2 Å². The van der Waals surface area contributed by atoms with Crippen LogP contribution in [0.4, 0.5) is 0 Å². The summed E-state index contributed by atoms with van der Waals surface area (Å²) in [6.45, 7) is 4.42. The van der Waals surface area contributed by atoms with Gasteiger partial charge in [-0.2, -0.15) is 0 Å². The summed E-state index contributed by atoms with van der Waals surface area (Å²) in [6, 6.07) is 12.6. The zero-order valence-corrected chi connectivity index (χ0v) is 15.7. The standard InChI is InChI=1S/C18H18O.2ClH.Ti/c1-12-7-9-15(13(12)2)17-10-8-14-5-3-4-6-16(14)18(17)11-19;;;/h3-8,10,19H,9,11H2,1-2H3;2*1H;/q;;;+2/p-2. The molecule has 2 aromatic rings. The van der Waals surface area contributed by atoms with Crippen LogP contribution in [0.1, 0.15) is 31.4 Å². The molecule has 0 amide bonds. The summed E-state index contributed by atoms with van der Waals surface area (Å²) in [5, 5.41) is 12.1. The van der Waals surface area contributed by atoms with Crippen molar-refractivity contribution in [2.45, 2.75) is 26.9 Å². The average molecular weight is 369 g/mol. The van der Waals surface area contributed by atoms with Crippen molar-refractivity contribution >= 4 is 16.3 Å². The SMILES string of the molecule is CC1=CCC(c2ccc3ccccc3c2CO)=C1C.[Cl-].[Cl-].[Ti+2]. The van der Waals surface area contributed by atoms with Gasteiger partial charge < -0.3 is 29.9 Å². The molecule has 0 heterocycles. The van der Waals surface area contributed by atoms with E-state index in [9.17, 15) is 5.11 Å². The van der Waals surface area contributed by atoms with Gasteiger partial charge in [-0.3, -0.25) is 0 Å². The fraction of sp³-hybridized carbons (Fsp3) is 0.222. The zero-order chi connectivity index (χ0) is 13.4. The first-order chi connectivity index (χ1) is 9.22. The predicted molar refractivity (Wildman–Crippen MR) is 80.8 cm³/mol. The quantitative estimate of drug-likeness (QED) is 0.637. The van der Waals surface area contributed by atoms with E-state index in [1.165, 1.54) is 27.7 Å². The van der Waals surface area contributed by atoms with Gasteiger partial charge in [0.25, 0.3) is 0 Å². The first-order valence-corrected chi connectivity index (χ1v) is 6.71. The monoisotopic (exact) mass is 368 g/mol. The molecule has 1 N–H and O–H groups in total. The van der Waals surface area contributed by atoms with E-state index in [0.29, 0.717) is 0 Å². The van der Waals surface area contributed by atoms with Crippen molar-refractivity contribution in [2.24, 2.45) is 0 Å². The van der Waals surface area contributed by atoms with E-state index in [0.717, 1.165) is 17.4 Å². The molecule has 114 valence electrons. The Bertz CT molecular complexity index is 720. The molecule has 0 spiro atoms. The summed E-state index contributed by atoms with van der Waals surface area (Å²) in [5.41, 5.74) is 6.31. The Balaban J connectivity index is 0.00000147. The second-order valence-electron chi connectivity index (χ2n) is 5.17. The molecule has 2 aromatic carbocycles. The summed E-state index contributed by atoms with van der Waals surface area (Å²) in [7, 11) is 0. The average Bonchev–Trinajstić information content (AvgIpc) is 2.77. The molecule has 0 saturated heterocycles. The molecular weight excluding hydrogens is 351 g/mol. The summed E-state index contributed by atoms with van der Waals surface area (Å²) in [5.74, 6) is 0. The van der Waals surface area contributed by atoms with Gasteiger partial charge in [0.2, 0.25) is 0 Å². The van der Waals surface area contributed by atoms with E-state index in [2.05, 4.69) is 44.2 Å². The molecule has 22 heavy (non-hydrogen) atoms. The molecule has 0 aliphatic heterocycles. The fourth-order valence-corrected chi connectivity index (χ4v) is 2.90. The number of hydrogen-bond donors (Lipinski definition) is 1. The van der Waals surface area contributed by atoms with E-state index >= 15 is 0 Å². The molecule has 0 unspecified atom stereocenters. The van der Waals surface area contributed by atoms with E-state index in [1.54, 1.807) is 0 Å². The van der Waals surface area contributed by atoms with Gasteiger partial charge in [0.15, 0.2) is 0 Å². The third-order valence-corrected chi connectivity index (χ3v) is 4.18. The Morgan fingerprint density at radius 1 is 1.00 bits per heavy atom. The second-order valence-corrected chi connectivity index (χ2v) is 5.17. The van der Waals surface area contributed by atoms with Crippen LogP contribution in [0.3, 0.4) is 0 Å². The van der Waals surface area contributed by atoms with E-state index in [1.807, 2.05) is 12.1 Å². The molecule has 0 aromatic heterocycles. The Labute approximate surface area is 159 Å². The number of fused-ring (bicyclic) bond motifs is 1. The van der Waals surface area contributed by atoms with E-state index < -0.39 is 0 Å². The van der Waals surface area contributed by atoms with E-state index in [4.69, 9.17) is 0 Å². The van der Waals surface area contributed by atoms with Crippen LogP contribution >= 0.6 is 0 Å². The molecule has 0 fully saturated rings. The molecule has 0 radical (unpaired) electrons. The maximum atomic E-state index is 9.79. The number of benzene rings is 2. The summed E-state index contributed by atoms with van der Waals surface area (Å²) in [6.07, 6.45) is 3.24. The molecular formula is C18H18Cl2OTi. The summed E-state index contributed by atoms with van der Waals surface area (Å²) >= 11 is 0. The van der Waals surface area contributed by atoms with Crippen LogP contribution in [0.5, 0.6) is 0 Å².